The monoisotopic (exact) mass is 495 g/mol. The third-order valence-electron chi connectivity index (χ3n) is 6.04. The zero-order valence-electron chi connectivity index (χ0n) is 20.5. The van der Waals surface area contributed by atoms with Gasteiger partial charge in [-0.05, 0) is 55.0 Å². The topological polar surface area (TPSA) is 110 Å². The highest BCUT2D eigenvalue weighted by Crippen LogP contribution is 2.34. The number of fused-ring (bicyclic) bond motifs is 1. The minimum Gasteiger partial charge on any atom is -0.493 e. The molecule has 186 valence electrons. The lowest BCUT2D eigenvalue weighted by molar-refractivity contribution is 0.0697. The summed E-state index contributed by atoms with van der Waals surface area (Å²) in [6.07, 6.45) is 5.55. The molecule has 3 aromatic carbocycles. The van der Waals surface area contributed by atoms with Crippen molar-refractivity contribution in [3.8, 4) is 22.8 Å². The van der Waals surface area contributed by atoms with E-state index in [-0.39, 0.29) is 5.56 Å². The van der Waals surface area contributed by atoms with Crippen molar-refractivity contribution in [2.24, 2.45) is 0 Å². The Labute approximate surface area is 213 Å². The Balaban J connectivity index is 1.50. The van der Waals surface area contributed by atoms with Crippen LogP contribution in [-0.4, -0.2) is 39.7 Å². The van der Waals surface area contributed by atoms with Gasteiger partial charge in [0, 0.05) is 47.3 Å². The number of ether oxygens (including phenoxy) is 2. The van der Waals surface area contributed by atoms with Crippen LogP contribution >= 0.6 is 0 Å². The van der Waals surface area contributed by atoms with E-state index in [1.165, 1.54) is 0 Å². The summed E-state index contributed by atoms with van der Waals surface area (Å²) < 4.78 is 12.7. The summed E-state index contributed by atoms with van der Waals surface area (Å²) in [5.74, 6) is 0.882. The molecule has 0 aliphatic rings. The summed E-state index contributed by atoms with van der Waals surface area (Å²) in [6, 6.07) is 18.1. The van der Waals surface area contributed by atoms with E-state index in [1.54, 1.807) is 44.7 Å². The van der Waals surface area contributed by atoms with Gasteiger partial charge in [-0.15, -0.1) is 0 Å². The zero-order chi connectivity index (χ0) is 25.9. The SMILES string of the molecule is COc1ccc(Nc2nc(-c3cccc(Nc4ccc(C(=O)O)cc4)c3C)cn3ccnc23)cc1OC. The molecule has 0 bridgehead atoms. The van der Waals surface area contributed by atoms with Gasteiger partial charge in [0.05, 0.1) is 25.5 Å². The van der Waals surface area contributed by atoms with Gasteiger partial charge in [-0.3, -0.25) is 0 Å². The van der Waals surface area contributed by atoms with Crippen molar-refractivity contribution in [1.29, 1.82) is 0 Å². The number of anilines is 4. The lowest BCUT2D eigenvalue weighted by Crippen LogP contribution is -2.02. The molecule has 2 aromatic heterocycles. The van der Waals surface area contributed by atoms with E-state index in [4.69, 9.17) is 19.6 Å². The van der Waals surface area contributed by atoms with Crippen molar-refractivity contribution in [2.75, 3.05) is 24.9 Å². The maximum atomic E-state index is 11.2. The number of aromatic carboxylic acids is 1. The number of imidazole rings is 1. The third-order valence-corrected chi connectivity index (χ3v) is 6.04. The van der Waals surface area contributed by atoms with Gasteiger partial charge in [0.15, 0.2) is 23.0 Å². The molecule has 5 aromatic rings. The highest BCUT2D eigenvalue weighted by Gasteiger charge is 2.14. The lowest BCUT2D eigenvalue weighted by Gasteiger charge is -2.15. The van der Waals surface area contributed by atoms with Crippen LogP contribution in [0.25, 0.3) is 16.9 Å². The number of rotatable bonds is 8. The average molecular weight is 496 g/mol. The van der Waals surface area contributed by atoms with Crippen molar-refractivity contribution in [3.05, 3.63) is 90.4 Å². The van der Waals surface area contributed by atoms with Gasteiger partial charge in [-0.2, -0.15) is 0 Å². The number of aromatic nitrogens is 3. The Kier molecular flexibility index (Phi) is 6.34. The summed E-state index contributed by atoms with van der Waals surface area (Å²) in [4.78, 5) is 20.5. The summed E-state index contributed by atoms with van der Waals surface area (Å²) >= 11 is 0. The van der Waals surface area contributed by atoms with Gasteiger partial charge in [0.2, 0.25) is 0 Å². The van der Waals surface area contributed by atoms with Crippen LogP contribution in [0.1, 0.15) is 15.9 Å². The third kappa shape index (κ3) is 4.74. The molecule has 0 saturated carbocycles. The maximum absolute atomic E-state index is 11.2. The second kappa shape index (κ2) is 9.90. The molecule has 0 unspecified atom stereocenters. The molecule has 9 heteroatoms. The summed E-state index contributed by atoms with van der Waals surface area (Å²) in [6.45, 7) is 2.02. The Morgan fingerprint density at radius 2 is 1.70 bits per heavy atom. The van der Waals surface area contributed by atoms with Gasteiger partial charge < -0.3 is 29.6 Å². The van der Waals surface area contributed by atoms with Crippen LogP contribution in [0.3, 0.4) is 0 Å². The fourth-order valence-corrected chi connectivity index (χ4v) is 4.10. The molecular weight excluding hydrogens is 470 g/mol. The van der Waals surface area contributed by atoms with Crippen LogP contribution in [0, 0.1) is 6.92 Å². The smallest absolute Gasteiger partial charge is 0.335 e. The molecular formula is C28H25N5O4. The molecule has 0 radical (unpaired) electrons. The van der Waals surface area contributed by atoms with E-state index >= 15 is 0 Å². The molecule has 0 spiro atoms. The van der Waals surface area contributed by atoms with Crippen LogP contribution in [0.4, 0.5) is 22.9 Å². The highest BCUT2D eigenvalue weighted by molar-refractivity contribution is 5.88. The Morgan fingerprint density at radius 3 is 2.43 bits per heavy atom. The number of benzene rings is 3. The number of carbonyl (C=O) groups is 1. The molecule has 0 aliphatic carbocycles. The summed E-state index contributed by atoms with van der Waals surface area (Å²) in [5, 5.41) is 15.9. The molecule has 0 aliphatic heterocycles. The van der Waals surface area contributed by atoms with E-state index < -0.39 is 5.97 Å². The van der Waals surface area contributed by atoms with Gasteiger partial charge in [0.25, 0.3) is 0 Å². The van der Waals surface area contributed by atoms with Crippen molar-refractivity contribution < 1.29 is 19.4 Å². The molecule has 0 atom stereocenters. The molecule has 37 heavy (non-hydrogen) atoms. The standard InChI is InChI=1S/C28H25N5O4/c1-17-21(5-4-6-22(17)30-19-9-7-18(8-10-19)28(34)35)23-16-33-14-13-29-27(33)26(32-23)31-20-11-12-24(36-2)25(15-20)37-3/h4-16,30H,1-3H3,(H,31,32)(H,34,35). The Morgan fingerprint density at radius 1 is 0.946 bits per heavy atom. The normalized spacial score (nSPS) is 10.8. The largest absolute Gasteiger partial charge is 0.493 e. The van der Waals surface area contributed by atoms with E-state index in [0.29, 0.717) is 23.0 Å². The first-order valence-electron chi connectivity index (χ1n) is 11.5. The van der Waals surface area contributed by atoms with Crippen LogP contribution in [0.5, 0.6) is 11.5 Å². The first-order valence-corrected chi connectivity index (χ1v) is 11.5. The van der Waals surface area contributed by atoms with Gasteiger partial charge in [-0.1, -0.05) is 12.1 Å². The minimum absolute atomic E-state index is 0.239. The number of carboxylic acid groups (broad SMARTS) is 1. The van der Waals surface area contributed by atoms with E-state index in [1.807, 2.05) is 60.1 Å². The molecule has 0 saturated heterocycles. The summed E-state index contributed by atoms with van der Waals surface area (Å²) in [5.41, 5.74) is 6.08. The lowest BCUT2D eigenvalue weighted by atomic mass is 10.0. The zero-order valence-corrected chi connectivity index (χ0v) is 20.5. The number of methoxy groups -OCH3 is 2. The number of nitrogens with zero attached hydrogens (tertiary/aromatic N) is 3. The van der Waals surface area contributed by atoms with Gasteiger partial charge in [-0.25, -0.2) is 14.8 Å². The number of hydrogen-bond acceptors (Lipinski definition) is 7. The van der Waals surface area contributed by atoms with Gasteiger partial charge in [0.1, 0.15) is 0 Å². The predicted octanol–water partition coefficient (Wildman–Crippen LogP) is 5.91. The number of carboxylic acids is 1. The molecule has 3 N–H and O–H groups in total. The molecule has 2 heterocycles. The number of nitrogens with one attached hydrogen (secondary N) is 2. The fourth-order valence-electron chi connectivity index (χ4n) is 4.10. The van der Waals surface area contributed by atoms with E-state index in [0.717, 1.165) is 33.9 Å². The first kappa shape index (κ1) is 23.7. The minimum atomic E-state index is -0.955. The van der Waals surface area contributed by atoms with Gasteiger partial charge >= 0.3 is 5.97 Å². The fraction of sp³-hybridized carbons (Fsp3) is 0.107. The first-order chi connectivity index (χ1) is 18.0. The van der Waals surface area contributed by atoms with Crippen LogP contribution in [-0.2, 0) is 0 Å². The highest BCUT2D eigenvalue weighted by atomic mass is 16.5. The van der Waals surface area contributed by atoms with Crippen molar-refractivity contribution in [1.82, 2.24) is 14.4 Å². The van der Waals surface area contributed by atoms with Crippen molar-refractivity contribution in [3.63, 3.8) is 0 Å². The molecule has 0 amide bonds. The second-order valence-corrected chi connectivity index (χ2v) is 8.31. The van der Waals surface area contributed by atoms with Crippen molar-refractivity contribution >= 4 is 34.5 Å². The van der Waals surface area contributed by atoms with Crippen LogP contribution in [0.2, 0.25) is 0 Å². The van der Waals surface area contributed by atoms with Crippen molar-refractivity contribution in [2.45, 2.75) is 6.92 Å². The summed E-state index contributed by atoms with van der Waals surface area (Å²) in [7, 11) is 3.19. The molecule has 5 rings (SSSR count). The van der Waals surface area contributed by atoms with Crippen LogP contribution in [0.15, 0.2) is 79.3 Å². The molecule has 9 nitrogen and oxygen atoms in total. The Hall–Kier alpha value is -5.05. The second-order valence-electron chi connectivity index (χ2n) is 8.31. The van der Waals surface area contributed by atoms with E-state index in [9.17, 15) is 4.79 Å². The average Bonchev–Trinajstić information content (AvgIpc) is 3.39. The molecule has 0 fully saturated rings. The predicted molar refractivity (Wildman–Crippen MR) is 143 cm³/mol. The van der Waals surface area contributed by atoms with E-state index in [2.05, 4.69) is 15.6 Å². The van der Waals surface area contributed by atoms with Crippen LogP contribution < -0.4 is 20.1 Å². The maximum Gasteiger partial charge on any atom is 0.335 e. The Bertz CT molecular complexity index is 1590. The number of hydrogen-bond donors (Lipinski definition) is 3. The quantitative estimate of drug-likeness (QED) is 0.244.